The molecule has 1 aromatic carbocycles. The Morgan fingerprint density at radius 1 is 1.21 bits per heavy atom. The molecule has 0 bridgehead atoms. The van der Waals surface area contributed by atoms with E-state index in [-0.39, 0.29) is 6.01 Å². The van der Waals surface area contributed by atoms with Crippen LogP contribution in [0.5, 0.6) is 0 Å². The van der Waals surface area contributed by atoms with Gasteiger partial charge in [-0.15, -0.1) is 0 Å². The van der Waals surface area contributed by atoms with Crippen molar-refractivity contribution in [3.05, 3.63) is 24.5 Å². The molecule has 0 aliphatic heterocycles. The van der Waals surface area contributed by atoms with Gasteiger partial charge in [0.15, 0.2) is 11.2 Å². The molecule has 0 fully saturated rings. The SMILES string of the molecule is CCCCn1nc(-c2ccc3oc(N)nc3c2)c2c(N)ncnc21. The van der Waals surface area contributed by atoms with Crippen LogP contribution in [-0.4, -0.2) is 24.7 Å². The van der Waals surface area contributed by atoms with Crippen molar-refractivity contribution in [1.82, 2.24) is 24.7 Å². The molecule has 0 spiro atoms. The van der Waals surface area contributed by atoms with Crippen LogP contribution < -0.4 is 11.5 Å². The third-order valence-electron chi connectivity index (χ3n) is 3.96. The number of unbranched alkanes of at least 4 members (excludes halogenated alkanes) is 1. The number of benzene rings is 1. The first-order chi connectivity index (χ1) is 11.7. The molecule has 0 saturated carbocycles. The van der Waals surface area contributed by atoms with E-state index < -0.39 is 0 Å². The summed E-state index contributed by atoms with van der Waals surface area (Å²) in [4.78, 5) is 12.6. The van der Waals surface area contributed by atoms with Gasteiger partial charge >= 0.3 is 0 Å². The standard InChI is InChI=1S/C16H17N7O/c1-2-3-6-23-15-12(14(17)19-8-20-15)13(22-23)9-4-5-11-10(7-9)21-16(18)24-11/h4-5,7-8H,2-3,6H2,1H3,(H2,18,21)(H2,17,19,20). The number of fused-ring (bicyclic) bond motifs is 2. The van der Waals surface area contributed by atoms with E-state index in [1.165, 1.54) is 6.33 Å². The van der Waals surface area contributed by atoms with Gasteiger partial charge in [0.1, 0.15) is 23.4 Å². The number of nitrogen functional groups attached to an aromatic ring is 2. The zero-order valence-electron chi connectivity index (χ0n) is 13.2. The number of hydrogen-bond acceptors (Lipinski definition) is 7. The Bertz CT molecular complexity index is 1030. The van der Waals surface area contributed by atoms with Crippen LogP contribution in [0.1, 0.15) is 19.8 Å². The molecule has 122 valence electrons. The van der Waals surface area contributed by atoms with Crippen molar-refractivity contribution in [2.24, 2.45) is 0 Å². The minimum atomic E-state index is 0.142. The van der Waals surface area contributed by atoms with Crippen molar-refractivity contribution in [2.45, 2.75) is 26.3 Å². The topological polar surface area (TPSA) is 122 Å². The van der Waals surface area contributed by atoms with Crippen molar-refractivity contribution < 1.29 is 4.42 Å². The molecule has 3 aromatic heterocycles. The number of anilines is 2. The molecule has 3 heterocycles. The van der Waals surface area contributed by atoms with Crippen molar-refractivity contribution in [3.63, 3.8) is 0 Å². The Morgan fingerprint density at radius 3 is 2.92 bits per heavy atom. The zero-order chi connectivity index (χ0) is 16.7. The maximum Gasteiger partial charge on any atom is 0.292 e. The van der Waals surface area contributed by atoms with Crippen molar-refractivity contribution >= 4 is 34.0 Å². The van der Waals surface area contributed by atoms with Crippen molar-refractivity contribution in [2.75, 3.05) is 11.5 Å². The Morgan fingerprint density at radius 2 is 2.08 bits per heavy atom. The molecular weight excluding hydrogens is 306 g/mol. The van der Waals surface area contributed by atoms with E-state index in [0.29, 0.717) is 16.9 Å². The lowest BCUT2D eigenvalue weighted by molar-refractivity contribution is 0.585. The van der Waals surface area contributed by atoms with Gasteiger partial charge in [-0.3, -0.25) is 0 Å². The van der Waals surface area contributed by atoms with Crippen LogP contribution in [0.4, 0.5) is 11.8 Å². The second-order valence-electron chi connectivity index (χ2n) is 5.62. The first-order valence-corrected chi connectivity index (χ1v) is 7.81. The monoisotopic (exact) mass is 323 g/mol. The van der Waals surface area contributed by atoms with E-state index in [2.05, 4.69) is 21.9 Å². The molecule has 0 aliphatic carbocycles. The Balaban J connectivity index is 1.93. The number of nitrogens with two attached hydrogens (primary N) is 2. The third-order valence-corrected chi connectivity index (χ3v) is 3.96. The first kappa shape index (κ1) is 14.4. The van der Waals surface area contributed by atoms with Crippen LogP contribution in [0.15, 0.2) is 28.9 Å². The first-order valence-electron chi connectivity index (χ1n) is 7.81. The molecule has 24 heavy (non-hydrogen) atoms. The summed E-state index contributed by atoms with van der Waals surface area (Å²) in [5.74, 6) is 0.414. The van der Waals surface area contributed by atoms with Gasteiger partial charge in [-0.05, 0) is 24.6 Å². The summed E-state index contributed by atoms with van der Waals surface area (Å²) >= 11 is 0. The highest BCUT2D eigenvalue weighted by molar-refractivity contribution is 5.99. The largest absolute Gasteiger partial charge is 0.424 e. The van der Waals surface area contributed by atoms with Gasteiger partial charge in [0.2, 0.25) is 0 Å². The van der Waals surface area contributed by atoms with E-state index in [9.17, 15) is 0 Å². The Labute approximate surface area is 137 Å². The number of aromatic nitrogens is 5. The number of aryl methyl sites for hydroxylation is 1. The second-order valence-corrected chi connectivity index (χ2v) is 5.62. The summed E-state index contributed by atoms with van der Waals surface area (Å²) < 4.78 is 7.20. The second kappa shape index (κ2) is 5.48. The fourth-order valence-corrected chi connectivity index (χ4v) is 2.79. The molecule has 8 heteroatoms. The van der Waals surface area contributed by atoms with E-state index in [4.69, 9.17) is 21.0 Å². The highest BCUT2D eigenvalue weighted by atomic mass is 16.4. The van der Waals surface area contributed by atoms with Crippen molar-refractivity contribution in [1.29, 1.82) is 0 Å². The summed E-state index contributed by atoms with van der Waals surface area (Å²) in [6.07, 6.45) is 3.55. The van der Waals surface area contributed by atoms with Gasteiger partial charge in [0, 0.05) is 12.1 Å². The summed E-state index contributed by atoms with van der Waals surface area (Å²) in [5, 5.41) is 5.47. The van der Waals surface area contributed by atoms with Gasteiger partial charge in [-0.25, -0.2) is 14.6 Å². The molecule has 0 unspecified atom stereocenters. The van der Waals surface area contributed by atoms with Crippen LogP contribution in [0.25, 0.3) is 33.4 Å². The average molecular weight is 323 g/mol. The third kappa shape index (κ3) is 2.23. The van der Waals surface area contributed by atoms with E-state index in [1.54, 1.807) is 0 Å². The van der Waals surface area contributed by atoms with Crippen LogP contribution >= 0.6 is 0 Å². The number of nitrogens with zero attached hydrogens (tertiary/aromatic N) is 5. The summed E-state index contributed by atoms with van der Waals surface area (Å²) in [7, 11) is 0. The molecule has 4 aromatic rings. The maximum atomic E-state index is 6.09. The molecule has 0 saturated heterocycles. The van der Waals surface area contributed by atoms with E-state index in [0.717, 1.165) is 41.7 Å². The molecular formula is C16H17N7O. The Kier molecular flexibility index (Phi) is 3.30. The summed E-state index contributed by atoms with van der Waals surface area (Å²) in [5.41, 5.74) is 15.4. The summed E-state index contributed by atoms with van der Waals surface area (Å²) in [6.45, 7) is 2.92. The predicted molar refractivity (Wildman–Crippen MR) is 92.1 cm³/mol. The van der Waals surface area contributed by atoms with Gasteiger partial charge in [0.25, 0.3) is 6.01 Å². The zero-order valence-corrected chi connectivity index (χ0v) is 13.2. The molecule has 0 radical (unpaired) electrons. The van der Waals surface area contributed by atoms with Crippen LogP contribution in [0.3, 0.4) is 0 Å². The molecule has 4 rings (SSSR count). The molecule has 0 atom stereocenters. The maximum absolute atomic E-state index is 6.09. The number of oxazole rings is 1. The van der Waals surface area contributed by atoms with Gasteiger partial charge in [0.05, 0.1) is 5.39 Å². The van der Waals surface area contributed by atoms with Crippen molar-refractivity contribution in [3.8, 4) is 11.3 Å². The average Bonchev–Trinajstić information content (AvgIpc) is 3.12. The smallest absolute Gasteiger partial charge is 0.292 e. The molecule has 4 N–H and O–H groups in total. The lowest BCUT2D eigenvalue weighted by atomic mass is 10.1. The minimum Gasteiger partial charge on any atom is -0.424 e. The van der Waals surface area contributed by atoms with Crippen LogP contribution in [0, 0.1) is 0 Å². The van der Waals surface area contributed by atoms with Gasteiger partial charge < -0.3 is 15.9 Å². The highest BCUT2D eigenvalue weighted by Crippen LogP contribution is 2.32. The minimum absolute atomic E-state index is 0.142. The van der Waals surface area contributed by atoms with Crippen LogP contribution in [0.2, 0.25) is 0 Å². The Hall–Kier alpha value is -3.16. The molecule has 8 nitrogen and oxygen atoms in total. The van der Waals surface area contributed by atoms with E-state index in [1.807, 2.05) is 22.9 Å². The fourth-order valence-electron chi connectivity index (χ4n) is 2.79. The number of rotatable bonds is 4. The van der Waals surface area contributed by atoms with E-state index >= 15 is 0 Å². The van der Waals surface area contributed by atoms with Crippen LogP contribution in [-0.2, 0) is 6.54 Å². The normalized spacial score (nSPS) is 11.5. The predicted octanol–water partition coefficient (Wildman–Crippen LogP) is 2.60. The van der Waals surface area contributed by atoms with Gasteiger partial charge in [-0.1, -0.05) is 13.3 Å². The molecule has 0 aliphatic rings. The summed E-state index contributed by atoms with van der Waals surface area (Å²) in [6, 6.07) is 5.76. The lowest BCUT2D eigenvalue weighted by Gasteiger charge is -2.00. The molecule has 0 amide bonds. The fraction of sp³-hybridized carbons (Fsp3) is 0.250. The van der Waals surface area contributed by atoms with Gasteiger partial charge in [-0.2, -0.15) is 10.1 Å². The highest BCUT2D eigenvalue weighted by Gasteiger charge is 2.17. The lowest BCUT2D eigenvalue weighted by Crippen LogP contribution is -2.01. The number of hydrogen-bond donors (Lipinski definition) is 2. The quantitative estimate of drug-likeness (QED) is 0.592.